The molecule has 0 unspecified atom stereocenters. The number of ether oxygens (including phenoxy) is 2. The number of hydrogen-bond acceptors (Lipinski definition) is 5. The first-order chi connectivity index (χ1) is 14.0. The highest BCUT2D eigenvalue weighted by atomic mass is 79.9. The zero-order valence-corrected chi connectivity index (χ0v) is 17.7. The van der Waals surface area contributed by atoms with E-state index in [1.165, 1.54) is 6.42 Å². The van der Waals surface area contributed by atoms with Gasteiger partial charge in [-0.3, -0.25) is 9.59 Å². The summed E-state index contributed by atoms with van der Waals surface area (Å²) in [7, 11) is 0. The van der Waals surface area contributed by atoms with Gasteiger partial charge >= 0.3 is 5.97 Å². The lowest BCUT2D eigenvalue weighted by molar-refractivity contribution is -0.139. The quantitative estimate of drug-likeness (QED) is 0.348. The van der Waals surface area contributed by atoms with E-state index < -0.39 is 0 Å². The molecule has 29 heavy (non-hydrogen) atoms. The van der Waals surface area contributed by atoms with Crippen LogP contribution < -0.4 is 14.9 Å². The number of para-hydroxylation sites is 1. The van der Waals surface area contributed by atoms with Crippen LogP contribution in [0.15, 0.2) is 56.1 Å². The molecule has 0 N–H and O–H groups in total. The molecule has 0 aliphatic heterocycles. The van der Waals surface area contributed by atoms with Crippen LogP contribution in [0.5, 0.6) is 17.2 Å². The van der Waals surface area contributed by atoms with E-state index in [-0.39, 0.29) is 23.1 Å². The maximum absolute atomic E-state index is 12.9. The Morgan fingerprint density at radius 1 is 1.10 bits per heavy atom. The standard InChI is InChI=1S/C23H21BrO5/c1-14-22(29-19-10-6-5-9-18(19)24)21(25)17-12-11-16(13-20(17)27-14)28-23(26)15-7-3-2-4-8-15/h5-6,9-13,15H,2-4,7-8H2,1H3. The van der Waals surface area contributed by atoms with Gasteiger partial charge in [-0.15, -0.1) is 0 Å². The Morgan fingerprint density at radius 3 is 2.62 bits per heavy atom. The van der Waals surface area contributed by atoms with Crippen molar-refractivity contribution in [1.29, 1.82) is 0 Å². The third-order valence-corrected chi connectivity index (χ3v) is 5.85. The minimum Gasteiger partial charge on any atom is -0.457 e. The lowest BCUT2D eigenvalue weighted by atomic mass is 9.89. The molecule has 6 heteroatoms. The summed E-state index contributed by atoms with van der Waals surface area (Å²) in [5.41, 5.74) is 0.0885. The van der Waals surface area contributed by atoms with Crippen LogP contribution in [-0.2, 0) is 4.79 Å². The fourth-order valence-electron chi connectivity index (χ4n) is 3.63. The minimum atomic E-state index is -0.273. The Kier molecular flexibility index (Phi) is 5.72. The predicted octanol–water partition coefficient (Wildman–Crippen LogP) is 6.14. The van der Waals surface area contributed by atoms with Crippen LogP contribution >= 0.6 is 15.9 Å². The van der Waals surface area contributed by atoms with Crippen molar-refractivity contribution in [1.82, 2.24) is 0 Å². The largest absolute Gasteiger partial charge is 0.457 e. The fraction of sp³-hybridized carbons (Fsp3) is 0.304. The van der Waals surface area contributed by atoms with Crippen molar-refractivity contribution >= 4 is 32.9 Å². The molecule has 1 aromatic heterocycles. The number of hydrogen-bond donors (Lipinski definition) is 0. The monoisotopic (exact) mass is 456 g/mol. The lowest BCUT2D eigenvalue weighted by Crippen LogP contribution is -2.22. The molecule has 0 saturated heterocycles. The summed E-state index contributed by atoms with van der Waals surface area (Å²) < 4.78 is 17.9. The van der Waals surface area contributed by atoms with Crippen LogP contribution in [0.1, 0.15) is 37.9 Å². The number of rotatable bonds is 4. The molecule has 1 aliphatic carbocycles. The Bertz CT molecular complexity index is 1110. The van der Waals surface area contributed by atoms with Gasteiger partial charge in [0.2, 0.25) is 11.2 Å². The number of carbonyl (C=O) groups is 1. The molecule has 1 aliphatic rings. The molecule has 150 valence electrons. The van der Waals surface area contributed by atoms with E-state index in [0.29, 0.717) is 28.2 Å². The molecule has 5 nitrogen and oxygen atoms in total. The van der Waals surface area contributed by atoms with Gasteiger partial charge in [-0.25, -0.2) is 0 Å². The summed E-state index contributed by atoms with van der Waals surface area (Å²) in [6.07, 6.45) is 5.04. The molecule has 1 heterocycles. The van der Waals surface area contributed by atoms with Gasteiger partial charge < -0.3 is 13.9 Å². The van der Waals surface area contributed by atoms with E-state index in [2.05, 4.69) is 15.9 Å². The van der Waals surface area contributed by atoms with Crippen LogP contribution in [0.4, 0.5) is 0 Å². The summed E-state index contributed by atoms with van der Waals surface area (Å²) >= 11 is 3.41. The van der Waals surface area contributed by atoms with E-state index in [1.54, 1.807) is 31.2 Å². The third kappa shape index (κ3) is 4.22. The number of esters is 1. The van der Waals surface area contributed by atoms with Gasteiger partial charge in [-0.2, -0.15) is 0 Å². The van der Waals surface area contributed by atoms with Crippen molar-refractivity contribution in [3.63, 3.8) is 0 Å². The van der Waals surface area contributed by atoms with Crippen molar-refractivity contribution in [2.45, 2.75) is 39.0 Å². The van der Waals surface area contributed by atoms with Crippen LogP contribution in [0, 0.1) is 12.8 Å². The van der Waals surface area contributed by atoms with E-state index >= 15 is 0 Å². The van der Waals surface area contributed by atoms with Gasteiger partial charge in [0.15, 0.2) is 0 Å². The van der Waals surface area contributed by atoms with Gasteiger partial charge in [0.25, 0.3) is 0 Å². The van der Waals surface area contributed by atoms with E-state index in [9.17, 15) is 9.59 Å². The molecule has 1 saturated carbocycles. The van der Waals surface area contributed by atoms with Crippen molar-refractivity contribution in [3.05, 3.63) is 62.9 Å². The highest BCUT2D eigenvalue weighted by molar-refractivity contribution is 9.10. The van der Waals surface area contributed by atoms with Gasteiger partial charge in [0, 0.05) is 6.07 Å². The molecular formula is C23H21BrO5. The first-order valence-electron chi connectivity index (χ1n) is 9.74. The Hall–Kier alpha value is -2.60. The highest BCUT2D eigenvalue weighted by Gasteiger charge is 2.23. The summed E-state index contributed by atoms with van der Waals surface area (Å²) in [6, 6.07) is 12.1. The molecule has 0 spiro atoms. The van der Waals surface area contributed by atoms with Crippen molar-refractivity contribution < 1.29 is 18.7 Å². The van der Waals surface area contributed by atoms with E-state index in [4.69, 9.17) is 13.9 Å². The second kappa shape index (κ2) is 8.41. The summed E-state index contributed by atoms with van der Waals surface area (Å²) in [5.74, 6) is 1.14. The van der Waals surface area contributed by atoms with Crippen molar-refractivity contribution in [2.24, 2.45) is 5.92 Å². The summed E-state index contributed by atoms with van der Waals surface area (Å²) in [5, 5.41) is 0.370. The molecule has 0 atom stereocenters. The van der Waals surface area contributed by atoms with Crippen molar-refractivity contribution in [3.8, 4) is 17.2 Å². The third-order valence-electron chi connectivity index (χ3n) is 5.19. The molecule has 0 bridgehead atoms. The van der Waals surface area contributed by atoms with Gasteiger partial charge in [0.05, 0.1) is 15.8 Å². The summed E-state index contributed by atoms with van der Waals surface area (Å²) in [6.45, 7) is 1.67. The van der Waals surface area contributed by atoms with E-state index in [0.717, 1.165) is 30.2 Å². The van der Waals surface area contributed by atoms with Gasteiger partial charge in [-0.05, 0) is 60.0 Å². The Morgan fingerprint density at radius 2 is 1.86 bits per heavy atom. The molecule has 2 aromatic carbocycles. The molecule has 0 radical (unpaired) electrons. The Labute approximate surface area is 176 Å². The lowest BCUT2D eigenvalue weighted by Gasteiger charge is -2.19. The maximum atomic E-state index is 12.9. The number of fused-ring (bicyclic) bond motifs is 1. The molecule has 3 aromatic rings. The number of aryl methyl sites for hydroxylation is 1. The zero-order valence-electron chi connectivity index (χ0n) is 16.1. The van der Waals surface area contributed by atoms with Gasteiger partial charge in [-0.1, -0.05) is 31.4 Å². The molecule has 1 fully saturated rings. The highest BCUT2D eigenvalue weighted by Crippen LogP contribution is 2.32. The average Bonchev–Trinajstić information content (AvgIpc) is 2.73. The smallest absolute Gasteiger partial charge is 0.314 e. The minimum absolute atomic E-state index is 0.0479. The number of carbonyl (C=O) groups excluding carboxylic acids is 1. The van der Waals surface area contributed by atoms with Crippen LogP contribution in [0.25, 0.3) is 11.0 Å². The number of benzene rings is 2. The van der Waals surface area contributed by atoms with Gasteiger partial charge in [0.1, 0.15) is 22.8 Å². The first-order valence-corrected chi connectivity index (χ1v) is 10.5. The topological polar surface area (TPSA) is 65.7 Å². The maximum Gasteiger partial charge on any atom is 0.314 e. The van der Waals surface area contributed by atoms with Crippen LogP contribution in [0.3, 0.4) is 0 Å². The molecule has 0 amide bonds. The normalized spacial score (nSPS) is 14.7. The molecule has 4 rings (SSSR count). The molecular weight excluding hydrogens is 436 g/mol. The van der Waals surface area contributed by atoms with Crippen LogP contribution in [0.2, 0.25) is 0 Å². The SMILES string of the molecule is Cc1oc2cc(OC(=O)C3CCCCC3)ccc2c(=O)c1Oc1ccccc1Br. The fourth-order valence-corrected chi connectivity index (χ4v) is 3.99. The van der Waals surface area contributed by atoms with Crippen molar-refractivity contribution in [2.75, 3.05) is 0 Å². The second-order valence-electron chi connectivity index (χ2n) is 7.26. The zero-order chi connectivity index (χ0) is 20.4. The van der Waals surface area contributed by atoms with E-state index in [1.807, 2.05) is 18.2 Å². The first kappa shape index (κ1) is 19.7. The predicted molar refractivity (Wildman–Crippen MR) is 114 cm³/mol. The average molecular weight is 457 g/mol. The Balaban J connectivity index is 1.62. The van der Waals surface area contributed by atoms with Crippen LogP contribution in [-0.4, -0.2) is 5.97 Å². The summed E-state index contributed by atoms with van der Waals surface area (Å²) in [4.78, 5) is 25.3. The second-order valence-corrected chi connectivity index (χ2v) is 8.12. The number of halogens is 1.